The molecule has 0 fully saturated rings. The van der Waals surface area contributed by atoms with E-state index in [2.05, 4.69) is 5.32 Å². The van der Waals surface area contributed by atoms with Gasteiger partial charge in [0, 0.05) is 0 Å². The summed E-state index contributed by atoms with van der Waals surface area (Å²) in [5.41, 5.74) is 0.981. The highest BCUT2D eigenvalue weighted by Crippen LogP contribution is 2.28. The summed E-state index contributed by atoms with van der Waals surface area (Å²) in [6.07, 6.45) is -0.519. The molecular weight excluding hydrogens is 318 g/mol. The van der Waals surface area contributed by atoms with Crippen LogP contribution in [0.15, 0.2) is 50.9 Å². The number of furan rings is 1. The maximum Gasteiger partial charge on any atom is 0.224 e. The molecule has 1 unspecified atom stereocenters. The first-order valence-electron chi connectivity index (χ1n) is 6.82. The van der Waals surface area contributed by atoms with Crippen molar-refractivity contribution in [2.24, 2.45) is 0 Å². The lowest BCUT2D eigenvalue weighted by molar-refractivity contribution is -0.120. The molecule has 2 N–H and O–H groups in total. The quantitative estimate of drug-likeness (QED) is 0.726. The molecule has 0 aromatic carbocycles. The Morgan fingerprint density at radius 2 is 2.18 bits per heavy atom. The lowest BCUT2D eigenvalue weighted by Gasteiger charge is -2.09. The molecule has 6 heteroatoms. The van der Waals surface area contributed by atoms with Crippen LogP contribution in [-0.4, -0.2) is 17.6 Å². The summed E-state index contributed by atoms with van der Waals surface area (Å²) >= 11 is 3.14. The van der Waals surface area contributed by atoms with Gasteiger partial charge in [-0.25, -0.2) is 0 Å². The highest BCUT2D eigenvalue weighted by molar-refractivity contribution is 7.13. The summed E-state index contributed by atoms with van der Waals surface area (Å²) in [7, 11) is 0. The molecule has 0 aliphatic heterocycles. The minimum Gasteiger partial charge on any atom is -0.457 e. The van der Waals surface area contributed by atoms with Crippen LogP contribution < -0.4 is 5.32 Å². The van der Waals surface area contributed by atoms with Gasteiger partial charge in [-0.3, -0.25) is 4.79 Å². The van der Waals surface area contributed by atoms with Crippen LogP contribution in [0, 0.1) is 0 Å². The first kappa shape index (κ1) is 15.0. The molecule has 22 heavy (non-hydrogen) atoms. The summed E-state index contributed by atoms with van der Waals surface area (Å²) in [5.74, 6) is 1.08. The highest BCUT2D eigenvalue weighted by Gasteiger charge is 2.15. The van der Waals surface area contributed by atoms with Crippen LogP contribution in [0.5, 0.6) is 0 Å². The molecule has 3 aromatic rings. The number of carbonyl (C=O) groups is 1. The van der Waals surface area contributed by atoms with Gasteiger partial charge in [0.2, 0.25) is 5.91 Å². The average Bonchev–Trinajstić information content (AvgIpc) is 3.23. The molecule has 0 bridgehead atoms. The van der Waals surface area contributed by atoms with Crippen molar-refractivity contribution in [3.8, 4) is 10.6 Å². The van der Waals surface area contributed by atoms with E-state index < -0.39 is 6.10 Å². The first-order chi connectivity index (χ1) is 10.7. The molecule has 0 spiro atoms. The Kier molecular flexibility index (Phi) is 4.72. The Bertz CT molecular complexity index is 717. The molecule has 0 aliphatic carbocycles. The van der Waals surface area contributed by atoms with E-state index in [9.17, 15) is 9.90 Å². The zero-order valence-corrected chi connectivity index (χ0v) is 13.3. The van der Waals surface area contributed by atoms with Gasteiger partial charge in [-0.15, -0.1) is 11.3 Å². The van der Waals surface area contributed by atoms with Crippen molar-refractivity contribution < 1.29 is 14.3 Å². The molecule has 1 amide bonds. The van der Waals surface area contributed by atoms with Gasteiger partial charge in [-0.05, 0) is 46.0 Å². The minimum absolute atomic E-state index is 0.109. The van der Waals surface area contributed by atoms with Gasteiger partial charge in [0.1, 0.15) is 17.6 Å². The van der Waals surface area contributed by atoms with Crippen molar-refractivity contribution in [2.45, 2.75) is 12.5 Å². The number of carbonyl (C=O) groups excluding carboxylic acids is 1. The van der Waals surface area contributed by atoms with Crippen molar-refractivity contribution >= 4 is 28.6 Å². The summed E-state index contributed by atoms with van der Waals surface area (Å²) in [6, 6.07) is 9.40. The first-order valence-corrected chi connectivity index (χ1v) is 8.64. The van der Waals surface area contributed by atoms with Crippen LogP contribution >= 0.6 is 22.7 Å². The Hall–Kier alpha value is -1.89. The number of hydrogen-bond acceptors (Lipinski definition) is 5. The third-order valence-corrected chi connectivity index (χ3v) is 4.77. The lowest BCUT2D eigenvalue weighted by Crippen LogP contribution is -2.29. The van der Waals surface area contributed by atoms with Gasteiger partial charge in [-0.2, -0.15) is 11.3 Å². The summed E-state index contributed by atoms with van der Waals surface area (Å²) in [4.78, 5) is 12.8. The molecule has 3 heterocycles. The largest absolute Gasteiger partial charge is 0.457 e. The van der Waals surface area contributed by atoms with Crippen LogP contribution in [0.25, 0.3) is 10.6 Å². The average molecular weight is 333 g/mol. The molecule has 1 atom stereocenters. The Labute approximate surface area is 136 Å². The molecule has 4 nitrogen and oxygen atoms in total. The van der Waals surface area contributed by atoms with Gasteiger partial charge in [0.25, 0.3) is 0 Å². The standard InChI is InChI=1S/C16H15NO3S2/c18-12(9-17-16(19)8-11-5-7-21-10-11)13-3-4-14(20-13)15-2-1-6-22-15/h1-7,10,12,18H,8-9H2,(H,17,19). The van der Waals surface area contributed by atoms with Crippen LogP contribution in [-0.2, 0) is 11.2 Å². The monoisotopic (exact) mass is 333 g/mol. The zero-order chi connectivity index (χ0) is 15.4. The van der Waals surface area contributed by atoms with E-state index in [4.69, 9.17) is 4.42 Å². The van der Waals surface area contributed by atoms with Crippen LogP contribution in [0.3, 0.4) is 0 Å². The lowest BCUT2D eigenvalue weighted by atomic mass is 10.2. The second-order valence-corrected chi connectivity index (χ2v) is 6.54. The molecule has 0 saturated carbocycles. The van der Waals surface area contributed by atoms with Gasteiger partial charge >= 0.3 is 0 Å². The molecule has 114 valence electrons. The minimum atomic E-state index is -0.847. The SMILES string of the molecule is O=C(Cc1ccsc1)NCC(O)c1ccc(-c2cccs2)o1. The van der Waals surface area contributed by atoms with E-state index in [0.29, 0.717) is 12.2 Å². The van der Waals surface area contributed by atoms with E-state index in [0.717, 1.165) is 16.2 Å². The van der Waals surface area contributed by atoms with Crippen LogP contribution in [0.4, 0.5) is 0 Å². The van der Waals surface area contributed by atoms with E-state index >= 15 is 0 Å². The number of hydrogen-bond donors (Lipinski definition) is 2. The fraction of sp³-hybridized carbons (Fsp3) is 0.188. The van der Waals surface area contributed by atoms with Crippen molar-refractivity contribution in [3.63, 3.8) is 0 Å². The van der Waals surface area contributed by atoms with E-state index in [-0.39, 0.29) is 12.5 Å². The topological polar surface area (TPSA) is 62.5 Å². The van der Waals surface area contributed by atoms with Crippen molar-refractivity contribution in [1.82, 2.24) is 5.32 Å². The second kappa shape index (κ2) is 6.91. The third kappa shape index (κ3) is 3.65. The summed E-state index contributed by atoms with van der Waals surface area (Å²) < 4.78 is 5.64. The molecule has 3 rings (SSSR count). The maximum atomic E-state index is 11.8. The Morgan fingerprint density at radius 1 is 1.27 bits per heavy atom. The fourth-order valence-electron chi connectivity index (χ4n) is 2.04. The molecule has 3 aromatic heterocycles. The van der Waals surface area contributed by atoms with Gasteiger partial charge < -0.3 is 14.8 Å². The predicted octanol–water partition coefficient (Wildman–Crippen LogP) is 3.46. The van der Waals surface area contributed by atoms with E-state index in [1.54, 1.807) is 28.7 Å². The fourth-order valence-corrected chi connectivity index (χ4v) is 3.39. The van der Waals surface area contributed by atoms with E-state index in [1.165, 1.54) is 0 Å². The smallest absolute Gasteiger partial charge is 0.224 e. The number of nitrogens with one attached hydrogen (secondary N) is 1. The number of thiophene rings is 2. The molecule has 0 radical (unpaired) electrons. The van der Waals surface area contributed by atoms with Gasteiger partial charge in [-0.1, -0.05) is 6.07 Å². The normalized spacial score (nSPS) is 12.2. The Morgan fingerprint density at radius 3 is 2.91 bits per heavy atom. The number of amides is 1. The number of rotatable bonds is 6. The molecule has 0 saturated heterocycles. The predicted molar refractivity (Wildman–Crippen MR) is 88.0 cm³/mol. The third-order valence-electron chi connectivity index (χ3n) is 3.16. The van der Waals surface area contributed by atoms with Crippen LogP contribution in [0.1, 0.15) is 17.4 Å². The van der Waals surface area contributed by atoms with Crippen LogP contribution in [0.2, 0.25) is 0 Å². The van der Waals surface area contributed by atoms with Gasteiger partial charge in [0.05, 0.1) is 17.8 Å². The number of aliphatic hydroxyl groups excluding tert-OH is 1. The molecule has 0 aliphatic rings. The number of aliphatic hydroxyl groups is 1. The highest BCUT2D eigenvalue weighted by atomic mass is 32.1. The summed E-state index contributed by atoms with van der Waals surface area (Å²) in [5, 5.41) is 18.7. The van der Waals surface area contributed by atoms with Crippen molar-refractivity contribution in [2.75, 3.05) is 6.54 Å². The second-order valence-electron chi connectivity index (χ2n) is 4.81. The van der Waals surface area contributed by atoms with Crippen molar-refractivity contribution in [1.29, 1.82) is 0 Å². The Balaban J connectivity index is 1.53. The van der Waals surface area contributed by atoms with E-state index in [1.807, 2.05) is 40.4 Å². The van der Waals surface area contributed by atoms with Gasteiger partial charge in [0.15, 0.2) is 0 Å². The summed E-state index contributed by atoms with van der Waals surface area (Å²) in [6.45, 7) is 0.139. The van der Waals surface area contributed by atoms with Crippen molar-refractivity contribution in [3.05, 3.63) is 57.8 Å². The zero-order valence-electron chi connectivity index (χ0n) is 11.7. The molecular formula is C16H15NO3S2. The maximum absolute atomic E-state index is 11.8.